The maximum absolute atomic E-state index is 12.2. The normalized spacial score (nSPS) is 15.8. The van der Waals surface area contributed by atoms with Crippen molar-refractivity contribution >= 4 is 11.4 Å². The molecule has 1 aliphatic rings. The summed E-state index contributed by atoms with van der Waals surface area (Å²) in [5, 5.41) is 0. The van der Waals surface area contributed by atoms with Crippen molar-refractivity contribution in [2.45, 2.75) is 25.4 Å². The van der Waals surface area contributed by atoms with Gasteiger partial charge in [-0.05, 0) is 36.6 Å². The lowest BCUT2D eigenvalue weighted by atomic mass is 10.0. The van der Waals surface area contributed by atoms with Crippen LogP contribution in [0.2, 0.25) is 0 Å². The largest absolute Gasteiger partial charge is 0.399 e. The molecule has 0 bridgehead atoms. The Morgan fingerprint density at radius 2 is 2.06 bits per heavy atom. The van der Waals surface area contributed by atoms with Crippen molar-refractivity contribution in [2.75, 3.05) is 23.7 Å². The second kappa shape index (κ2) is 4.47. The zero-order valence-electron chi connectivity index (χ0n) is 9.43. The van der Waals surface area contributed by atoms with Gasteiger partial charge in [0.15, 0.2) is 0 Å². The molecule has 0 spiro atoms. The predicted molar refractivity (Wildman–Crippen MR) is 62.1 cm³/mol. The summed E-state index contributed by atoms with van der Waals surface area (Å²) in [6.45, 7) is 0.716. The Bertz CT molecular complexity index is 401. The van der Waals surface area contributed by atoms with E-state index in [4.69, 9.17) is 5.73 Å². The molecule has 94 valence electrons. The van der Waals surface area contributed by atoms with Crippen molar-refractivity contribution in [3.63, 3.8) is 0 Å². The standard InChI is InChI=1S/C12H15F3N2/c13-12(14,15)5-7-17-6-1-2-9-8-10(16)3-4-11(9)17/h3-4,8H,1-2,5-7,16H2. The van der Waals surface area contributed by atoms with Crippen LogP contribution in [-0.2, 0) is 6.42 Å². The van der Waals surface area contributed by atoms with Crippen LogP contribution in [0.4, 0.5) is 24.5 Å². The van der Waals surface area contributed by atoms with Gasteiger partial charge in [0.1, 0.15) is 0 Å². The second-order valence-electron chi connectivity index (χ2n) is 4.34. The molecular weight excluding hydrogens is 229 g/mol. The number of fused-ring (bicyclic) bond motifs is 1. The highest BCUT2D eigenvalue weighted by molar-refractivity contribution is 5.61. The Kier molecular flexibility index (Phi) is 3.17. The van der Waals surface area contributed by atoms with E-state index in [0.29, 0.717) is 12.2 Å². The number of nitrogen functional groups attached to an aromatic ring is 1. The van der Waals surface area contributed by atoms with Crippen LogP contribution in [0.5, 0.6) is 0 Å². The van der Waals surface area contributed by atoms with Crippen LogP contribution < -0.4 is 10.6 Å². The molecule has 0 radical (unpaired) electrons. The van der Waals surface area contributed by atoms with Crippen LogP contribution in [0.25, 0.3) is 0 Å². The van der Waals surface area contributed by atoms with Gasteiger partial charge in [0.25, 0.3) is 0 Å². The van der Waals surface area contributed by atoms with Gasteiger partial charge in [-0.25, -0.2) is 0 Å². The lowest BCUT2D eigenvalue weighted by Crippen LogP contribution is -2.32. The molecule has 2 nitrogen and oxygen atoms in total. The molecule has 17 heavy (non-hydrogen) atoms. The number of nitrogens with zero attached hydrogens (tertiary/aromatic N) is 1. The Morgan fingerprint density at radius 1 is 1.29 bits per heavy atom. The quantitative estimate of drug-likeness (QED) is 0.810. The maximum Gasteiger partial charge on any atom is 0.390 e. The van der Waals surface area contributed by atoms with E-state index in [-0.39, 0.29) is 6.54 Å². The summed E-state index contributed by atoms with van der Waals surface area (Å²) in [5.41, 5.74) is 8.29. The summed E-state index contributed by atoms with van der Waals surface area (Å²) in [6.07, 6.45) is -3.08. The summed E-state index contributed by atoms with van der Waals surface area (Å²) >= 11 is 0. The SMILES string of the molecule is Nc1ccc2c(c1)CCCN2CCC(F)(F)F. The Morgan fingerprint density at radius 3 is 2.76 bits per heavy atom. The van der Waals surface area contributed by atoms with E-state index in [0.717, 1.165) is 24.1 Å². The topological polar surface area (TPSA) is 29.3 Å². The van der Waals surface area contributed by atoms with E-state index in [2.05, 4.69) is 0 Å². The number of halogens is 3. The van der Waals surface area contributed by atoms with Crippen molar-refractivity contribution in [1.82, 2.24) is 0 Å². The molecule has 0 saturated carbocycles. The number of alkyl halides is 3. The molecule has 0 saturated heterocycles. The molecule has 1 aromatic carbocycles. The zero-order chi connectivity index (χ0) is 12.5. The average Bonchev–Trinajstić information content (AvgIpc) is 2.24. The summed E-state index contributed by atoms with van der Waals surface area (Å²) < 4.78 is 36.6. The van der Waals surface area contributed by atoms with Crippen LogP contribution >= 0.6 is 0 Å². The van der Waals surface area contributed by atoms with E-state index in [1.807, 2.05) is 12.1 Å². The Balaban J connectivity index is 2.12. The lowest BCUT2D eigenvalue weighted by molar-refractivity contribution is -0.132. The van der Waals surface area contributed by atoms with Gasteiger partial charge in [0.2, 0.25) is 0 Å². The van der Waals surface area contributed by atoms with Gasteiger partial charge in [0, 0.05) is 24.5 Å². The van der Waals surface area contributed by atoms with Crippen molar-refractivity contribution in [1.29, 1.82) is 0 Å². The second-order valence-corrected chi connectivity index (χ2v) is 4.34. The highest BCUT2D eigenvalue weighted by Crippen LogP contribution is 2.30. The van der Waals surface area contributed by atoms with Crippen LogP contribution in [0.15, 0.2) is 18.2 Å². The molecular formula is C12H15F3N2. The fourth-order valence-electron chi connectivity index (χ4n) is 2.19. The minimum atomic E-state index is -4.09. The van der Waals surface area contributed by atoms with Gasteiger partial charge in [-0.3, -0.25) is 0 Å². The molecule has 2 N–H and O–H groups in total. The van der Waals surface area contributed by atoms with Crippen molar-refractivity contribution in [2.24, 2.45) is 0 Å². The van der Waals surface area contributed by atoms with Gasteiger partial charge in [0.05, 0.1) is 6.42 Å². The Hall–Kier alpha value is -1.39. The summed E-state index contributed by atoms with van der Waals surface area (Å²) in [6, 6.07) is 5.42. The number of nitrogens with two attached hydrogens (primary N) is 1. The third-order valence-electron chi connectivity index (χ3n) is 2.98. The van der Waals surface area contributed by atoms with E-state index < -0.39 is 12.6 Å². The number of anilines is 2. The summed E-state index contributed by atoms with van der Waals surface area (Å²) in [5.74, 6) is 0. The molecule has 0 amide bonds. The number of rotatable bonds is 2. The van der Waals surface area contributed by atoms with Crippen molar-refractivity contribution in [3.05, 3.63) is 23.8 Å². The highest BCUT2D eigenvalue weighted by Gasteiger charge is 2.28. The molecule has 5 heteroatoms. The minimum Gasteiger partial charge on any atom is -0.399 e. The van der Waals surface area contributed by atoms with Gasteiger partial charge in [-0.2, -0.15) is 13.2 Å². The minimum absolute atomic E-state index is 0.0282. The summed E-state index contributed by atoms with van der Waals surface area (Å²) in [4.78, 5) is 1.80. The van der Waals surface area contributed by atoms with Gasteiger partial charge < -0.3 is 10.6 Å². The molecule has 1 aromatic rings. The molecule has 1 aliphatic heterocycles. The Labute approximate surface area is 98.2 Å². The summed E-state index contributed by atoms with van der Waals surface area (Å²) in [7, 11) is 0. The van der Waals surface area contributed by atoms with Gasteiger partial charge in [-0.15, -0.1) is 0 Å². The molecule has 0 aliphatic carbocycles. The van der Waals surface area contributed by atoms with Crippen molar-refractivity contribution in [3.8, 4) is 0 Å². The fourth-order valence-corrected chi connectivity index (χ4v) is 2.19. The van der Waals surface area contributed by atoms with E-state index in [1.54, 1.807) is 11.0 Å². The van der Waals surface area contributed by atoms with E-state index in [9.17, 15) is 13.2 Å². The first-order valence-electron chi connectivity index (χ1n) is 5.66. The molecule has 0 atom stereocenters. The monoisotopic (exact) mass is 244 g/mol. The third-order valence-corrected chi connectivity index (χ3v) is 2.98. The number of aryl methyl sites for hydroxylation is 1. The molecule has 1 heterocycles. The smallest absolute Gasteiger partial charge is 0.390 e. The average molecular weight is 244 g/mol. The third kappa shape index (κ3) is 3.05. The van der Waals surface area contributed by atoms with Crippen LogP contribution in [0.1, 0.15) is 18.4 Å². The first kappa shape index (κ1) is 12.1. The van der Waals surface area contributed by atoms with Crippen LogP contribution in [0, 0.1) is 0 Å². The molecule has 0 aromatic heterocycles. The zero-order valence-corrected chi connectivity index (χ0v) is 9.43. The lowest BCUT2D eigenvalue weighted by Gasteiger charge is -2.31. The van der Waals surface area contributed by atoms with E-state index >= 15 is 0 Å². The predicted octanol–water partition coefficient (Wildman–Crippen LogP) is 2.97. The molecule has 0 fully saturated rings. The van der Waals surface area contributed by atoms with Gasteiger partial charge >= 0.3 is 6.18 Å². The first-order chi connectivity index (χ1) is 7.96. The number of benzene rings is 1. The maximum atomic E-state index is 12.2. The number of hydrogen-bond donors (Lipinski definition) is 1. The highest BCUT2D eigenvalue weighted by atomic mass is 19.4. The van der Waals surface area contributed by atoms with Crippen molar-refractivity contribution < 1.29 is 13.2 Å². The number of hydrogen-bond acceptors (Lipinski definition) is 2. The van der Waals surface area contributed by atoms with Crippen LogP contribution in [0.3, 0.4) is 0 Å². The van der Waals surface area contributed by atoms with Gasteiger partial charge in [-0.1, -0.05) is 0 Å². The molecule has 0 unspecified atom stereocenters. The fraction of sp³-hybridized carbons (Fsp3) is 0.500. The first-order valence-corrected chi connectivity index (χ1v) is 5.66. The van der Waals surface area contributed by atoms with Crippen LogP contribution in [-0.4, -0.2) is 19.3 Å². The molecule has 2 rings (SSSR count). The van der Waals surface area contributed by atoms with E-state index in [1.165, 1.54) is 0 Å².